The van der Waals surface area contributed by atoms with Gasteiger partial charge in [-0.05, 0) is 12.1 Å². The Labute approximate surface area is 158 Å². The van der Waals surface area contributed by atoms with Gasteiger partial charge in [0, 0.05) is 45.1 Å². The Morgan fingerprint density at radius 3 is 2.74 bits per heavy atom. The van der Waals surface area contributed by atoms with Crippen LogP contribution in [-0.4, -0.2) is 62.1 Å². The van der Waals surface area contributed by atoms with Crippen LogP contribution in [0.2, 0.25) is 0 Å². The molecule has 0 amide bonds. The molecule has 0 spiro atoms. The van der Waals surface area contributed by atoms with Crippen molar-refractivity contribution in [1.82, 2.24) is 19.2 Å². The van der Waals surface area contributed by atoms with Gasteiger partial charge in [-0.15, -0.1) is 0 Å². The van der Waals surface area contributed by atoms with Gasteiger partial charge in [0.25, 0.3) is 0 Å². The number of sulfonamides is 1. The van der Waals surface area contributed by atoms with E-state index >= 15 is 0 Å². The second-order valence-electron chi connectivity index (χ2n) is 6.09. The lowest BCUT2D eigenvalue weighted by molar-refractivity contribution is 0.0597. The van der Waals surface area contributed by atoms with Crippen LogP contribution in [0.25, 0.3) is 0 Å². The number of piperazine rings is 1. The van der Waals surface area contributed by atoms with E-state index in [-0.39, 0.29) is 16.2 Å². The summed E-state index contributed by atoms with van der Waals surface area (Å²) in [5.74, 6) is 0.208. The number of hydrogen-bond donors (Lipinski definition) is 1. The minimum Gasteiger partial charge on any atom is -0.496 e. The highest BCUT2D eigenvalue weighted by Gasteiger charge is 2.36. The van der Waals surface area contributed by atoms with Crippen molar-refractivity contribution in [2.24, 2.45) is 7.05 Å². The Morgan fingerprint density at radius 1 is 1.33 bits per heavy atom. The predicted molar refractivity (Wildman–Crippen MR) is 97.0 cm³/mol. The summed E-state index contributed by atoms with van der Waals surface area (Å²) in [4.78, 5) is 16.2. The van der Waals surface area contributed by atoms with Crippen LogP contribution >= 0.6 is 0 Å². The van der Waals surface area contributed by atoms with Gasteiger partial charge in [-0.2, -0.15) is 4.31 Å². The summed E-state index contributed by atoms with van der Waals surface area (Å²) < 4.78 is 39.8. The fourth-order valence-electron chi connectivity index (χ4n) is 3.14. The molecule has 2 heterocycles. The molecule has 3 rings (SSSR count). The van der Waals surface area contributed by atoms with E-state index in [0.29, 0.717) is 25.5 Å². The summed E-state index contributed by atoms with van der Waals surface area (Å²) in [6.45, 7) is 1.31. The van der Waals surface area contributed by atoms with Crippen LogP contribution in [0.5, 0.6) is 5.75 Å². The molecule has 1 aromatic heterocycles. The van der Waals surface area contributed by atoms with Crippen LogP contribution in [-0.2, 0) is 21.8 Å². The monoisotopic (exact) mass is 394 g/mol. The Hall–Kier alpha value is -2.43. The molecular formula is C17H22N4O5S. The molecule has 1 aliphatic rings. The molecule has 2 aromatic rings. The third-order valence-electron chi connectivity index (χ3n) is 4.54. The second-order valence-corrected chi connectivity index (χ2v) is 7.98. The van der Waals surface area contributed by atoms with Crippen LogP contribution in [0.3, 0.4) is 0 Å². The van der Waals surface area contributed by atoms with Crippen LogP contribution in [0.15, 0.2) is 35.5 Å². The van der Waals surface area contributed by atoms with Crippen molar-refractivity contribution < 1.29 is 22.7 Å². The molecule has 1 saturated heterocycles. The Morgan fingerprint density at radius 2 is 2.11 bits per heavy atom. The Balaban J connectivity index is 2.02. The average molecular weight is 394 g/mol. The standard InChI is InChI=1S/C17H22N4O5S/c1-20-8-7-19-16(20)14-11-18-6-9-21(14)27(23,24)12-4-5-13(17(22)26-3)15(10-12)25-2/h4-5,7-8,10,14,18H,6,9,11H2,1-3H3. The van der Waals surface area contributed by atoms with Gasteiger partial charge in [-0.25, -0.2) is 18.2 Å². The molecule has 0 bridgehead atoms. The van der Waals surface area contributed by atoms with E-state index < -0.39 is 22.0 Å². The summed E-state index contributed by atoms with van der Waals surface area (Å²) in [6, 6.07) is 3.70. The molecule has 0 saturated carbocycles. The van der Waals surface area contributed by atoms with Gasteiger partial charge in [0.1, 0.15) is 17.1 Å². The maximum atomic E-state index is 13.3. The summed E-state index contributed by atoms with van der Waals surface area (Å²) in [6.07, 6.45) is 3.42. The lowest BCUT2D eigenvalue weighted by atomic mass is 10.2. The molecule has 10 heteroatoms. The fraction of sp³-hybridized carbons (Fsp3) is 0.412. The smallest absolute Gasteiger partial charge is 0.341 e. The predicted octanol–water partition coefficient (Wildman–Crippen LogP) is 0.551. The summed E-state index contributed by atoms with van der Waals surface area (Å²) in [7, 11) is 0.631. The second kappa shape index (κ2) is 7.67. The summed E-state index contributed by atoms with van der Waals surface area (Å²) in [5, 5.41) is 3.21. The van der Waals surface area contributed by atoms with E-state index in [1.54, 1.807) is 17.0 Å². The number of methoxy groups -OCH3 is 2. The van der Waals surface area contributed by atoms with Crippen LogP contribution in [0, 0.1) is 0 Å². The van der Waals surface area contributed by atoms with Crippen LogP contribution in [0.4, 0.5) is 0 Å². The minimum atomic E-state index is -3.83. The molecule has 1 atom stereocenters. The first-order chi connectivity index (χ1) is 12.9. The van der Waals surface area contributed by atoms with Gasteiger partial charge in [0.05, 0.1) is 25.2 Å². The highest BCUT2D eigenvalue weighted by Crippen LogP contribution is 2.31. The molecule has 0 aliphatic carbocycles. The van der Waals surface area contributed by atoms with E-state index in [9.17, 15) is 13.2 Å². The number of imidazole rings is 1. The van der Waals surface area contributed by atoms with Crippen molar-refractivity contribution >= 4 is 16.0 Å². The van der Waals surface area contributed by atoms with E-state index in [2.05, 4.69) is 10.3 Å². The molecular weight excluding hydrogens is 372 g/mol. The quantitative estimate of drug-likeness (QED) is 0.739. The SMILES string of the molecule is COC(=O)c1ccc(S(=O)(=O)N2CCNCC2c2nccn2C)cc1OC. The number of ether oxygens (including phenoxy) is 2. The van der Waals surface area contributed by atoms with Crippen molar-refractivity contribution in [1.29, 1.82) is 0 Å². The van der Waals surface area contributed by atoms with Gasteiger partial charge in [0.15, 0.2) is 0 Å². The maximum Gasteiger partial charge on any atom is 0.341 e. The third kappa shape index (κ3) is 3.55. The number of hydrogen-bond acceptors (Lipinski definition) is 7. The lowest BCUT2D eigenvalue weighted by Gasteiger charge is -2.34. The molecule has 1 unspecified atom stereocenters. The van der Waals surface area contributed by atoms with Gasteiger partial charge in [0.2, 0.25) is 10.0 Å². The summed E-state index contributed by atoms with van der Waals surface area (Å²) in [5.41, 5.74) is 0.167. The van der Waals surface area contributed by atoms with Gasteiger partial charge >= 0.3 is 5.97 Å². The first-order valence-corrected chi connectivity index (χ1v) is 9.80. The van der Waals surface area contributed by atoms with Crippen LogP contribution in [0.1, 0.15) is 22.2 Å². The number of carbonyl (C=O) groups is 1. The number of rotatable bonds is 5. The van der Waals surface area contributed by atoms with Gasteiger partial charge in [-0.3, -0.25) is 0 Å². The highest BCUT2D eigenvalue weighted by atomic mass is 32.2. The van der Waals surface area contributed by atoms with Crippen molar-refractivity contribution in [3.05, 3.63) is 42.0 Å². The highest BCUT2D eigenvalue weighted by molar-refractivity contribution is 7.89. The van der Waals surface area contributed by atoms with E-state index in [4.69, 9.17) is 9.47 Å². The van der Waals surface area contributed by atoms with Gasteiger partial charge < -0.3 is 19.4 Å². The largest absolute Gasteiger partial charge is 0.496 e. The number of esters is 1. The zero-order chi connectivity index (χ0) is 19.6. The number of nitrogens with one attached hydrogen (secondary N) is 1. The molecule has 9 nitrogen and oxygen atoms in total. The number of benzene rings is 1. The number of nitrogens with zero attached hydrogens (tertiary/aromatic N) is 3. The Kier molecular flexibility index (Phi) is 5.49. The molecule has 0 radical (unpaired) electrons. The molecule has 1 aliphatic heterocycles. The number of aryl methyl sites for hydroxylation is 1. The van der Waals surface area contributed by atoms with E-state index in [0.717, 1.165) is 0 Å². The Bertz CT molecular complexity index is 941. The van der Waals surface area contributed by atoms with E-state index in [1.165, 1.54) is 36.7 Å². The zero-order valence-corrected chi connectivity index (χ0v) is 16.2. The van der Waals surface area contributed by atoms with Crippen molar-refractivity contribution in [3.63, 3.8) is 0 Å². The summed E-state index contributed by atoms with van der Waals surface area (Å²) >= 11 is 0. The number of aromatic nitrogens is 2. The number of carbonyl (C=O) groups excluding carboxylic acids is 1. The zero-order valence-electron chi connectivity index (χ0n) is 15.4. The lowest BCUT2D eigenvalue weighted by Crippen LogP contribution is -2.49. The average Bonchev–Trinajstić information content (AvgIpc) is 3.12. The van der Waals surface area contributed by atoms with Crippen molar-refractivity contribution in [2.75, 3.05) is 33.9 Å². The van der Waals surface area contributed by atoms with Crippen LogP contribution < -0.4 is 10.1 Å². The van der Waals surface area contributed by atoms with Crippen molar-refractivity contribution in [3.8, 4) is 5.75 Å². The first kappa shape index (κ1) is 19.3. The van der Waals surface area contributed by atoms with Gasteiger partial charge in [-0.1, -0.05) is 0 Å². The molecule has 1 N–H and O–H groups in total. The molecule has 1 aromatic carbocycles. The normalized spacial score (nSPS) is 18.3. The molecule has 1 fully saturated rings. The van der Waals surface area contributed by atoms with Crippen molar-refractivity contribution in [2.45, 2.75) is 10.9 Å². The molecule has 27 heavy (non-hydrogen) atoms. The minimum absolute atomic E-state index is 0.0492. The third-order valence-corrected chi connectivity index (χ3v) is 6.44. The fourth-order valence-corrected chi connectivity index (χ4v) is 4.74. The molecule has 146 valence electrons. The maximum absolute atomic E-state index is 13.3. The van der Waals surface area contributed by atoms with E-state index in [1.807, 2.05) is 7.05 Å². The first-order valence-electron chi connectivity index (χ1n) is 8.36. The topological polar surface area (TPSA) is 103 Å².